The van der Waals surface area contributed by atoms with Gasteiger partial charge in [0.05, 0.1) is 11.6 Å². The Morgan fingerprint density at radius 1 is 0.868 bits per heavy atom. The number of rotatable bonds is 9. The molecule has 0 spiro atoms. The molecule has 1 unspecified atom stereocenters. The third-order valence-corrected chi connectivity index (χ3v) is 6.78. The molecule has 0 bridgehead atoms. The molecular formula is C32H29NO5. The Hall–Kier alpha value is -4.42. The molecule has 4 aromatic rings. The average Bonchev–Trinajstić information content (AvgIpc) is 3.21. The minimum Gasteiger partial charge on any atom is -0.507 e. The maximum absolute atomic E-state index is 13.3. The van der Waals surface area contributed by atoms with Gasteiger partial charge in [-0.05, 0) is 40.5 Å². The topological polar surface area (TPSA) is 76.1 Å². The number of hydrogen-bond donors (Lipinski definition) is 1. The number of Topliss-reactive ketones (excluding diaryl/α,β-unsaturated/α-hetero) is 1. The van der Waals surface area contributed by atoms with Crippen molar-refractivity contribution in [1.82, 2.24) is 4.90 Å². The van der Waals surface area contributed by atoms with Crippen LogP contribution in [-0.4, -0.2) is 42.0 Å². The number of methoxy groups -OCH3 is 1. The van der Waals surface area contributed by atoms with Crippen molar-refractivity contribution in [3.8, 4) is 5.75 Å². The lowest BCUT2D eigenvalue weighted by Gasteiger charge is -2.25. The molecule has 6 nitrogen and oxygen atoms in total. The van der Waals surface area contributed by atoms with Gasteiger partial charge < -0.3 is 19.5 Å². The van der Waals surface area contributed by atoms with Crippen LogP contribution < -0.4 is 4.74 Å². The normalized spacial score (nSPS) is 16.8. The fourth-order valence-corrected chi connectivity index (χ4v) is 4.90. The van der Waals surface area contributed by atoms with Crippen LogP contribution in [0.25, 0.3) is 16.5 Å². The Morgan fingerprint density at radius 2 is 1.58 bits per heavy atom. The van der Waals surface area contributed by atoms with E-state index in [2.05, 4.69) is 0 Å². The molecule has 1 aliphatic heterocycles. The summed E-state index contributed by atoms with van der Waals surface area (Å²) >= 11 is 0. The van der Waals surface area contributed by atoms with Crippen LogP contribution >= 0.6 is 0 Å². The van der Waals surface area contributed by atoms with Gasteiger partial charge in [0.2, 0.25) is 0 Å². The SMILES string of the molecule is COCCCN1C(=O)C(=O)/C(=C(\O)c2cccc3ccccc23)C1c1ccc(OCc2ccccc2)cc1. The maximum Gasteiger partial charge on any atom is 0.295 e. The summed E-state index contributed by atoms with van der Waals surface area (Å²) in [5.74, 6) is -0.827. The molecule has 1 fully saturated rings. The van der Waals surface area contributed by atoms with Crippen LogP contribution in [0.4, 0.5) is 0 Å². The van der Waals surface area contributed by atoms with E-state index in [1.807, 2.05) is 91.0 Å². The van der Waals surface area contributed by atoms with E-state index in [0.717, 1.165) is 21.9 Å². The number of ether oxygens (including phenoxy) is 2. The van der Waals surface area contributed by atoms with Crippen LogP contribution in [0.3, 0.4) is 0 Å². The van der Waals surface area contributed by atoms with E-state index in [9.17, 15) is 14.7 Å². The summed E-state index contributed by atoms with van der Waals surface area (Å²) in [7, 11) is 1.60. The molecule has 1 atom stereocenters. The highest BCUT2D eigenvalue weighted by molar-refractivity contribution is 6.46. The number of aliphatic hydroxyl groups excluding tert-OH is 1. The summed E-state index contributed by atoms with van der Waals surface area (Å²) in [5, 5.41) is 13.3. The molecule has 1 amide bonds. The number of ketones is 1. The van der Waals surface area contributed by atoms with E-state index >= 15 is 0 Å². The van der Waals surface area contributed by atoms with Crippen molar-refractivity contribution in [2.24, 2.45) is 0 Å². The largest absolute Gasteiger partial charge is 0.507 e. The van der Waals surface area contributed by atoms with Gasteiger partial charge in [-0.2, -0.15) is 0 Å². The van der Waals surface area contributed by atoms with Crippen molar-refractivity contribution in [2.45, 2.75) is 19.1 Å². The summed E-state index contributed by atoms with van der Waals surface area (Å²) in [6.45, 7) is 1.20. The van der Waals surface area contributed by atoms with Crippen LogP contribution in [0.2, 0.25) is 0 Å². The van der Waals surface area contributed by atoms with E-state index < -0.39 is 17.7 Å². The lowest BCUT2D eigenvalue weighted by Crippen LogP contribution is -2.31. The molecule has 1 saturated heterocycles. The molecule has 0 radical (unpaired) electrons. The Balaban J connectivity index is 1.53. The van der Waals surface area contributed by atoms with Crippen molar-refractivity contribution in [3.63, 3.8) is 0 Å². The second-order valence-corrected chi connectivity index (χ2v) is 9.21. The van der Waals surface area contributed by atoms with Gasteiger partial charge in [0.25, 0.3) is 11.7 Å². The van der Waals surface area contributed by atoms with Gasteiger partial charge in [0.1, 0.15) is 18.1 Å². The van der Waals surface area contributed by atoms with Gasteiger partial charge in [-0.3, -0.25) is 9.59 Å². The first-order chi connectivity index (χ1) is 18.6. The van der Waals surface area contributed by atoms with E-state index in [1.54, 1.807) is 13.2 Å². The fourth-order valence-electron chi connectivity index (χ4n) is 4.90. The van der Waals surface area contributed by atoms with Gasteiger partial charge in [0, 0.05) is 25.8 Å². The highest BCUT2D eigenvalue weighted by Gasteiger charge is 2.45. The molecule has 0 aliphatic carbocycles. The Bertz CT molecular complexity index is 1470. The van der Waals surface area contributed by atoms with Crippen LogP contribution in [0.15, 0.2) is 103 Å². The van der Waals surface area contributed by atoms with Crippen molar-refractivity contribution in [2.75, 3.05) is 20.3 Å². The van der Waals surface area contributed by atoms with Gasteiger partial charge in [0.15, 0.2) is 0 Å². The summed E-state index contributed by atoms with van der Waals surface area (Å²) in [6.07, 6.45) is 0.562. The lowest BCUT2D eigenvalue weighted by molar-refractivity contribution is -0.140. The minimum absolute atomic E-state index is 0.0849. The second kappa shape index (κ2) is 11.3. The van der Waals surface area contributed by atoms with Crippen LogP contribution in [-0.2, 0) is 20.9 Å². The van der Waals surface area contributed by atoms with Crippen molar-refractivity contribution in [3.05, 3.63) is 119 Å². The summed E-state index contributed by atoms with van der Waals surface area (Å²) in [6, 6.07) is 29.7. The van der Waals surface area contributed by atoms with Crippen molar-refractivity contribution in [1.29, 1.82) is 0 Å². The first-order valence-corrected chi connectivity index (χ1v) is 12.6. The average molecular weight is 508 g/mol. The molecule has 1 aliphatic rings. The third-order valence-electron chi connectivity index (χ3n) is 6.78. The van der Waals surface area contributed by atoms with Crippen molar-refractivity contribution < 1.29 is 24.2 Å². The number of aliphatic hydroxyl groups is 1. The molecule has 1 heterocycles. The second-order valence-electron chi connectivity index (χ2n) is 9.21. The van der Waals surface area contributed by atoms with Crippen LogP contribution in [0.1, 0.15) is 29.2 Å². The number of fused-ring (bicyclic) bond motifs is 1. The minimum atomic E-state index is -0.728. The van der Waals surface area contributed by atoms with Gasteiger partial charge in [-0.1, -0.05) is 84.9 Å². The molecule has 192 valence electrons. The predicted molar refractivity (Wildman–Crippen MR) is 147 cm³/mol. The lowest BCUT2D eigenvalue weighted by atomic mass is 9.93. The smallest absolute Gasteiger partial charge is 0.295 e. The zero-order valence-electron chi connectivity index (χ0n) is 21.2. The van der Waals surface area contributed by atoms with E-state index in [4.69, 9.17) is 9.47 Å². The van der Waals surface area contributed by atoms with E-state index in [-0.39, 0.29) is 11.3 Å². The number of carbonyl (C=O) groups is 2. The molecule has 38 heavy (non-hydrogen) atoms. The number of carbonyl (C=O) groups excluding carboxylic acids is 2. The molecule has 0 saturated carbocycles. The highest BCUT2D eigenvalue weighted by atomic mass is 16.5. The Labute approximate surface area is 221 Å². The Kier molecular flexibility index (Phi) is 7.52. The monoisotopic (exact) mass is 507 g/mol. The highest BCUT2D eigenvalue weighted by Crippen LogP contribution is 2.41. The molecular weight excluding hydrogens is 478 g/mol. The van der Waals surface area contributed by atoms with Gasteiger partial charge >= 0.3 is 0 Å². The number of nitrogens with zero attached hydrogens (tertiary/aromatic N) is 1. The summed E-state index contributed by atoms with van der Waals surface area (Å²) < 4.78 is 11.1. The molecule has 5 rings (SSSR count). The summed E-state index contributed by atoms with van der Waals surface area (Å²) in [4.78, 5) is 28.1. The molecule has 4 aromatic carbocycles. The van der Waals surface area contributed by atoms with Crippen molar-refractivity contribution >= 4 is 28.2 Å². The predicted octanol–water partition coefficient (Wildman–Crippen LogP) is 5.88. The molecule has 1 N–H and O–H groups in total. The standard InChI is InChI=1S/C32H29NO5/c1-37-20-8-19-33-29(24-15-17-25(18-16-24)38-21-22-9-3-2-4-10-22)28(31(35)32(33)36)30(34)27-14-7-12-23-11-5-6-13-26(23)27/h2-7,9-18,29,34H,8,19-21H2,1H3/b30-28-. The third kappa shape index (κ3) is 5.04. The van der Waals surface area contributed by atoms with E-state index in [0.29, 0.717) is 37.5 Å². The Morgan fingerprint density at radius 3 is 2.34 bits per heavy atom. The van der Waals surface area contributed by atoms with E-state index in [1.165, 1.54) is 4.90 Å². The number of benzene rings is 4. The molecule has 0 aromatic heterocycles. The number of likely N-dealkylation sites (tertiary alicyclic amines) is 1. The summed E-state index contributed by atoms with van der Waals surface area (Å²) in [5.41, 5.74) is 2.38. The zero-order valence-corrected chi connectivity index (χ0v) is 21.2. The van der Waals surface area contributed by atoms with Crippen LogP contribution in [0, 0.1) is 0 Å². The molecule has 6 heteroatoms. The maximum atomic E-state index is 13.3. The first-order valence-electron chi connectivity index (χ1n) is 12.6. The first kappa shape index (κ1) is 25.2. The van der Waals surface area contributed by atoms with Gasteiger partial charge in [-0.15, -0.1) is 0 Å². The quantitative estimate of drug-likeness (QED) is 0.133. The number of hydrogen-bond acceptors (Lipinski definition) is 5. The fraction of sp³-hybridized carbons (Fsp3) is 0.188. The number of amides is 1. The zero-order chi connectivity index (χ0) is 26.5. The van der Waals surface area contributed by atoms with Crippen LogP contribution in [0.5, 0.6) is 5.75 Å². The van der Waals surface area contributed by atoms with Gasteiger partial charge in [-0.25, -0.2) is 0 Å².